The Kier molecular flexibility index (Phi) is 6.23. The predicted molar refractivity (Wildman–Crippen MR) is 138 cm³/mol. The third-order valence-electron chi connectivity index (χ3n) is 6.01. The second kappa shape index (κ2) is 9.61. The Hall–Kier alpha value is -3.77. The number of rotatable bonds is 6. The van der Waals surface area contributed by atoms with Gasteiger partial charge in [-0.2, -0.15) is 0 Å². The number of aromatic nitrogens is 1. The van der Waals surface area contributed by atoms with Crippen LogP contribution >= 0.6 is 11.3 Å². The summed E-state index contributed by atoms with van der Waals surface area (Å²) in [7, 11) is 0. The zero-order valence-corrected chi connectivity index (χ0v) is 19.8. The van der Waals surface area contributed by atoms with Crippen molar-refractivity contribution < 1.29 is 9.59 Å². The summed E-state index contributed by atoms with van der Waals surface area (Å²) in [5.74, 6) is 0.00371. The van der Waals surface area contributed by atoms with Crippen molar-refractivity contribution >= 4 is 34.0 Å². The molecule has 3 aromatic carbocycles. The van der Waals surface area contributed by atoms with E-state index >= 15 is 0 Å². The normalized spacial score (nSPS) is 12.4. The Morgan fingerprint density at radius 2 is 1.71 bits per heavy atom. The third kappa shape index (κ3) is 4.50. The summed E-state index contributed by atoms with van der Waals surface area (Å²) in [5, 5.41) is 5.42. The molecular weight excluding hydrogens is 442 g/mol. The van der Waals surface area contributed by atoms with Crippen molar-refractivity contribution in [1.82, 2.24) is 4.98 Å². The van der Waals surface area contributed by atoms with Gasteiger partial charge in [0, 0.05) is 35.2 Å². The van der Waals surface area contributed by atoms with Gasteiger partial charge in [-0.15, -0.1) is 11.3 Å². The number of carbonyl (C=O) groups is 2. The van der Waals surface area contributed by atoms with Crippen molar-refractivity contribution in [3.63, 3.8) is 0 Å². The first-order valence-corrected chi connectivity index (χ1v) is 12.4. The monoisotopic (exact) mass is 467 g/mol. The molecule has 0 spiro atoms. The van der Waals surface area contributed by atoms with E-state index in [9.17, 15) is 9.59 Å². The Labute approximate surface area is 203 Å². The van der Waals surface area contributed by atoms with Crippen LogP contribution in [0.25, 0.3) is 22.4 Å². The van der Waals surface area contributed by atoms with E-state index in [0.717, 1.165) is 47.5 Å². The molecule has 0 fully saturated rings. The van der Waals surface area contributed by atoms with E-state index in [1.807, 2.05) is 83.9 Å². The summed E-state index contributed by atoms with van der Waals surface area (Å²) in [6.45, 7) is 2.76. The van der Waals surface area contributed by atoms with Crippen LogP contribution in [0, 0.1) is 0 Å². The number of nitrogens with one attached hydrogen (secondary N) is 1. The molecular formula is C28H25N3O2S. The highest BCUT2D eigenvalue weighted by Crippen LogP contribution is 2.34. The molecule has 34 heavy (non-hydrogen) atoms. The van der Waals surface area contributed by atoms with Gasteiger partial charge in [-0.25, -0.2) is 4.98 Å². The summed E-state index contributed by atoms with van der Waals surface area (Å²) >= 11 is 1.41. The van der Waals surface area contributed by atoms with Crippen LogP contribution in [0.4, 0.5) is 10.8 Å². The Morgan fingerprint density at radius 3 is 2.47 bits per heavy atom. The molecule has 1 aliphatic heterocycles. The van der Waals surface area contributed by atoms with Crippen LogP contribution in [0.3, 0.4) is 0 Å². The maximum Gasteiger partial charge on any atom is 0.257 e. The fourth-order valence-electron chi connectivity index (χ4n) is 4.25. The van der Waals surface area contributed by atoms with E-state index in [4.69, 9.17) is 0 Å². The van der Waals surface area contributed by atoms with Gasteiger partial charge in [0.15, 0.2) is 5.13 Å². The van der Waals surface area contributed by atoms with Gasteiger partial charge in [0.05, 0.1) is 5.69 Å². The van der Waals surface area contributed by atoms with Crippen molar-refractivity contribution in [2.45, 2.75) is 26.2 Å². The number of fused-ring (bicyclic) bond motifs is 1. The number of thiazole rings is 1. The van der Waals surface area contributed by atoms with Crippen LogP contribution in [-0.4, -0.2) is 23.3 Å². The smallest absolute Gasteiger partial charge is 0.257 e. The largest absolute Gasteiger partial charge is 0.312 e. The molecule has 2 amide bonds. The third-order valence-corrected chi connectivity index (χ3v) is 6.77. The molecule has 0 radical (unpaired) electrons. The van der Waals surface area contributed by atoms with Crippen molar-refractivity contribution in [3.8, 4) is 22.4 Å². The minimum absolute atomic E-state index is 0.181. The van der Waals surface area contributed by atoms with Gasteiger partial charge in [0.1, 0.15) is 0 Å². The fourth-order valence-corrected chi connectivity index (χ4v) is 4.96. The quantitative estimate of drug-likeness (QED) is 0.356. The van der Waals surface area contributed by atoms with Gasteiger partial charge in [-0.05, 0) is 53.8 Å². The lowest BCUT2D eigenvalue weighted by molar-refractivity contribution is -0.118. The predicted octanol–water partition coefficient (Wildman–Crippen LogP) is 6.42. The second-order valence-corrected chi connectivity index (χ2v) is 9.18. The first-order valence-electron chi connectivity index (χ1n) is 11.5. The summed E-state index contributed by atoms with van der Waals surface area (Å²) in [6.07, 6.45) is 2.28. The fraction of sp³-hybridized carbons (Fsp3) is 0.179. The molecule has 4 aromatic rings. The molecule has 1 aliphatic rings. The van der Waals surface area contributed by atoms with Crippen LogP contribution in [0.1, 0.15) is 35.7 Å². The van der Waals surface area contributed by atoms with E-state index < -0.39 is 0 Å². The summed E-state index contributed by atoms with van der Waals surface area (Å²) in [6, 6.07) is 23.8. The van der Waals surface area contributed by atoms with E-state index in [1.54, 1.807) is 0 Å². The van der Waals surface area contributed by atoms with Crippen molar-refractivity contribution in [2.24, 2.45) is 0 Å². The molecule has 0 unspecified atom stereocenters. The minimum atomic E-state index is -0.181. The Balaban J connectivity index is 1.27. The highest BCUT2D eigenvalue weighted by atomic mass is 32.1. The molecule has 5 rings (SSSR count). The van der Waals surface area contributed by atoms with Gasteiger partial charge in [-0.3, -0.25) is 14.9 Å². The maximum absolute atomic E-state index is 12.7. The molecule has 170 valence electrons. The molecule has 6 heteroatoms. The molecule has 5 nitrogen and oxygen atoms in total. The van der Waals surface area contributed by atoms with Crippen molar-refractivity contribution in [2.75, 3.05) is 16.8 Å². The molecule has 1 N–H and O–H groups in total. The molecule has 0 bridgehead atoms. The number of anilines is 2. The first kappa shape index (κ1) is 22.0. The maximum atomic E-state index is 12.7. The van der Waals surface area contributed by atoms with E-state index in [0.29, 0.717) is 17.1 Å². The average molecular weight is 468 g/mol. The SMILES string of the molecule is CCCC(=O)N1CCc2cc(-c3csc(NC(=O)c4ccc(-c5ccccc5)cc4)n3)ccc21. The van der Waals surface area contributed by atoms with Crippen LogP contribution in [0.15, 0.2) is 78.2 Å². The van der Waals surface area contributed by atoms with E-state index in [1.165, 1.54) is 16.9 Å². The number of hydrogen-bond acceptors (Lipinski definition) is 4. The minimum Gasteiger partial charge on any atom is -0.312 e. The summed E-state index contributed by atoms with van der Waals surface area (Å²) < 4.78 is 0. The highest BCUT2D eigenvalue weighted by molar-refractivity contribution is 7.14. The number of carbonyl (C=O) groups excluding carboxylic acids is 2. The van der Waals surface area contributed by atoms with Gasteiger partial charge in [-0.1, -0.05) is 55.5 Å². The first-order chi connectivity index (χ1) is 16.6. The van der Waals surface area contributed by atoms with E-state index in [-0.39, 0.29) is 11.8 Å². The summed E-state index contributed by atoms with van der Waals surface area (Å²) in [4.78, 5) is 31.6. The average Bonchev–Trinajstić information content (AvgIpc) is 3.51. The second-order valence-electron chi connectivity index (χ2n) is 8.32. The standard InChI is InChI=1S/C28H25N3O2S/c1-2-6-26(32)31-16-15-23-17-22(13-14-25(23)31)24-18-34-28(29-24)30-27(33)21-11-9-20(10-12-21)19-7-4-3-5-8-19/h3-5,7-14,17-18H,2,6,15-16H2,1H3,(H,29,30,33). The van der Waals surface area contributed by atoms with Crippen LogP contribution in [0.5, 0.6) is 0 Å². The van der Waals surface area contributed by atoms with Crippen LogP contribution in [0.2, 0.25) is 0 Å². The lowest BCUT2D eigenvalue weighted by atomic mass is 10.0. The molecule has 0 saturated carbocycles. The molecule has 0 aliphatic carbocycles. The van der Waals surface area contributed by atoms with Gasteiger partial charge in [0.2, 0.25) is 5.91 Å². The van der Waals surface area contributed by atoms with Crippen LogP contribution < -0.4 is 10.2 Å². The van der Waals surface area contributed by atoms with Gasteiger partial charge < -0.3 is 4.90 Å². The zero-order chi connectivity index (χ0) is 23.5. The molecule has 1 aromatic heterocycles. The van der Waals surface area contributed by atoms with E-state index in [2.05, 4.69) is 16.4 Å². The number of hydrogen-bond donors (Lipinski definition) is 1. The molecule has 2 heterocycles. The molecule has 0 saturated heterocycles. The lowest BCUT2D eigenvalue weighted by Crippen LogP contribution is -2.28. The number of nitrogens with zero attached hydrogens (tertiary/aromatic N) is 2. The lowest BCUT2D eigenvalue weighted by Gasteiger charge is -2.17. The number of amides is 2. The van der Waals surface area contributed by atoms with Crippen LogP contribution in [-0.2, 0) is 11.2 Å². The zero-order valence-electron chi connectivity index (χ0n) is 19.0. The Bertz CT molecular complexity index is 1330. The van der Waals surface area contributed by atoms with Crippen molar-refractivity contribution in [3.05, 3.63) is 89.3 Å². The highest BCUT2D eigenvalue weighted by Gasteiger charge is 2.24. The topological polar surface area (TPSA) is 62.3 Å². The van der Waals surface area contributed by atoms with Crippen molar-refractivity contribution in [1.29, 1.82) is 0 Å². The molecule has 0 atom stereocenters. The Morgan fingerprint density at radius 1 is 0.971 bits per heavy atom. The number of benzene rings is 3. The van der Waals surface area contributed by atoms with Gasteiger partial charge in [0.25, 0.3) is 5.91 Å². The summed E-state index contributed by atoms with van der Waals surface area (Å²) in [5.41, 5.74) is 6.76. The van der Waals surface area contributed by atoms with Gasteiger partial charge >= 0.3 is 0 Å².